The molecule has 0 aliphatic carbocycles. The number of hydrogen-bond donors (Lipinski definition) is 1. The Labute approximate surface area is 230 Å². The zero-order chi connectivity index (χ0) is 27.4. The molecule has 1 amide bonds. The van der Waals surface area contributed by atoms with Crippen LogP contribution in [-0.2, 0) is 11.3 Å². The van der Waals surface area contributed by atoms with Crippen molar-refractivity contribution in [2.75, 3.05) is 76.8 Å². The number of likely N-dealkylation sites (N-methyl/N-ethyl adjacent to an activating group) is 1. The van der Waals surface area contributed by atoms with Crippen LogP contribution in [0.15, 0.2) is 54.9 Å². The first-order valence-corrected chi connectivity index (χ1v) is 13.6. The van der Waals surface area contributed by atoms with E-state index in [1.807, 2.05) is 50.4 Å². The average molecular weight is 531 g/mol. The van der Waals surface area contributed by atoms with Gasteiger partial charge in [0.1, 0.15) is 5.82 Å². The summed E-state index contributed by atoms with van der Waals surface area (Å²) in [6, 6.07) is 14.3. The van der Waals surface area contributed by atoms with Gasteiger partial charge in [0.25, 0.3) is 0 Å². The number of amides is 1. The standard InChI is InChI=1S/C29H38N8O2/c1-33-12-5-13-34(2)28(39)20-37-15-14-36(19-25(37)21-38)18-22-6-4-7-24(16-22)35(3)29-30-11-10-26(32-29)23-8-9-27(33)31-17-23/h4,6-11,16-17,25,38H,5,12-15,18-21H2,1-3H3. The Balaban J connectivity index is 1.44. The molecule has 3 unspecified atom stereocenters. The first kappa shape index (κ1) is 27.0. The number of carbonyl (C=O) groups is 1. The molecular weight excluding hydrogens is 492 g/mol. The number of hydrogen-bond acceptors (Lipinski definition) is 9. The van der Waals surface area contributed by atoms with Crippen LogP contribution in [0.4, 0.5) is 17.5 Å². The third kappa shape index (κ3) is 6.35. The molecule has 3 aromatic rings. The predicted molar refractivity (Wildman–Crippen MR) is 153 cm³/mol. The van der Waals surface area contributed by atoms with Crippen LogP contribution in [0.25, 0.3) is 11.3 Å². The van der Waals surface area contributed by atoms with E-state index in [1.54, 1.807) is 11.1 Å². The Morgan fingerprint density at radius 3 is 2.59 bits per heavy atom. The van der Waals surface area contributed by atoms with E-state index >= 15 is 0 Å². The molecule has 3 atom stereocenters. The molecule has 7 heterocycles. The van der Waals surface area contributed by atoms with Crippen LogP contribution in [0.1, 0.15) is 12.0 Å². The molecule has 1 aromatic carbocycles. The van der Waals surface area contributed by atoms with Crippen molar-refractivity contribution >= 4 is 23.4 Å². The van der Waals surface area contributed by atoms with Gasteiger partial charge in [-0.05, 0) is 42.3 Å². The monoisotopic (exact) mass is 530 g/mol. The summed E-state index contributed by atoms with van der Waals surface area (Å²) in [5.41, 5.74) is 3.93. The highest BCUT2D eigenvalue weighted by atomic mass is 16.3. The molecule has 0 radical (unpaired) electrons. The summed E-state index contributed by atoms with van der Waals surface area (Å²) in [6.45, 7) is 4.87. The molecule has 5 aliphatic heterocycles. The summed E-state index contributed by atoms with van der Waals surface area (Å²) in [5, 5.41) is 10.1. The van der Waals surface area contributed by atoms with E-state index in [0.717, 1.165) is 55.4 Å². The lowest BCUT2D eigenvalue weighted by molar-refractivity contribution is -0.132. The summed E-state index contributed by atoms with van der Waals surface area (Å²) >= 11 is 0. The average Bonchev–Trinajstić information content (AvgIpc) is 2.97. The molecule has 1 saturated heterocycles. The number of anilines is 3. The van der Waals surface area contributed by atoms with Crippen molar-refractivity contribution in [1.29, 1.82) is 0 Å². The van der Waals surface area contributed by atoms with Crippen molar-refractivity contribution in [3.63, 3.8) is 0 Å². The minimum absolute atomic E-state index is 0.0282. The fourth-order valence-electron chi connectivity index (χ4n) is 5.23. The second kappa shape index (κ2) is 12.1. The van der Waals surface area contributed by atoms with Crippen LogP contribution in [0.2, 0.25) is 0 Å². The van der Waals surface area contributed by atoms with Crippen LogP contribution < -0.4 is 9.80 Å². The molecule has 10 nitrogen and oxygen atoms in total. The van der Waals surface area contributed by atoms with Gasteiger partial charge in [-0.2, -0.15) is 0 Å². The first-order chi connectivity index (χ1) is 18.9. The zero-order valence-corrected chi connectivity index (χ0v) is 23.1. The van der Waals surface area contributed by atoms with Gasteiger partial charge in [0.15, 0.2) is 0 Å². The van der Waals surface area contributed by atoms with Crippen LogP contribution in [0, 0.1) is 0 Å². The van der Waals surface area contributed by atoms with E-state index in [1.165, 1.54) is 5.56 Å². The van der Waals surface area contributed by atoms with Gasteiger partial charge < -0.3 is 19.8 Å². The lowest BCUT2D eigenvalue weighted by Crippen LogP contribution is -2.56. The number of pyridine rings is 1. The third-order valence-corrected chi connectivity index (χ3v) is 7.73. The fraction of sp³-hybridized carbons (Fsp3) is 0.448. The Morgan fingerprint density at radius 1 is 0.949 bits per heavy atom. The maximum atomic E-state index is 13.0. The number of aliphatic hydroxyl groups excluding tert-OH is 1. The van der Waals surface area contributed by atoms with Gasteiger partial charge in [0, 0.05) is 90.1 Å². The summed E-state index contributed by atoms with van der Waals surface area (Å²) in [6.07, 6.45) is 4.46. The Bertz CT molecular complexity index is 1270. The SMILES string of the molecule is CN1CCCN(C)c2ccc(cn2)-c2ccnc(n2)N(C)c2cccc(c2)CN2CCN(CC1=O)C(CO)C2. The normalized spacial score (nSPS) is 22.8. The zero-order valence-electron chi connectivity index (χ0n) is 23.1. The van der Waals surface area contributed by atoms with Crippen molar-refractivity contribution in [2.45, 2.75) is 19.0 Å². The van der Waals surface area contributed by atoms with Gasteiger partial charge in [-0.3, -0.25) is 14.6 Å². The van der Waals surface area contributed by atoms with Crippen LogP contribution in [0.5, 0.6) is 0 Å². The van der Waals surface area contributed by atoms with E-state index in [2.05, 4.69) is 48.9 Å². The van der Waals surface area contributed by atoms with Gasteiger partial charge in [-0.1, -0.05) is 12.1 Å². The molecule has 8 rings (SSSR count). The minimum atomic E-state index is -0.0697. The van der Waals surface area contributed by atoms with Crippen LogP contribution >= 0.6 is 0 Å². The third-order valence-electron chi connectivity index (χ3n) is 7.73. The molecular formula is C29H38N8O2. The number of benzene rings is 1. The molecule has 39 heavy (non-hydrogen) atoms. The number of piperazine rings is 1. The highest BCUT2D eigenvalue weighted by molar-refractivity contribution is 5.78. The van der Waals surface area contributed by atoms with Crippen molar-refractivity contribution in [1.82, 2.24) is 29.7 Å². The maximum absolute atomic E-state index is 13.0. The largest absolute Gasteiger partial charge is 0.395 e. The Hall–Kier alpha value is -3.60. The highest BCUT2D eigenvalue weighted by Gasteiger charge is 2.29. The van der Waals surface area contributed by atoms with Gasteiger partial charge >= 0.3 is 0 Å². The van der Waals surface area contributed by atoms with Crippen LogP contribution in [0.3, 0.4) is 0 Å². The number of nitrogens with zero attached hydrogens (tertiary/aromatic N) is 8. The quantitative estimate of drug-likeness (QED) is 0.508. The molecule has 0 spiro atoms. The highest BCUT2D eigenvalue weighted by Crippen LogP contribution is 2.25. The van der Waals surface area contributed by atoms with Crippen LogP contribution in [-0.4, -0.2) is 114 Å². The molecule has 206 valence electrons. The summed E-state index contributed by atoms with van der Waals surface area (Å²) in [5.74, 6) is 1.58. The minimum Gasteiger partial charge on any atom is -0.395 e. The second-order valence-corrected chi connectivity index (χ2v) is 10.5. The van der Waals surface area contributed by atoms with E-state index in [0.29, 0.717) is 25.6 Å². The number of carbonyl (C=O) groups excluding carboxylic acids is 1. The lowest BCUT2D eigenvalue weighted by atomic mass is 10.1. The Kier molecular flexibility index (Phi) is 8.35. The smallest absolute Gasteiger partial charge is 0.236 e. The van der Waals surface area contributed by atoms with Gasteiger partial charge in [0.2, 0.25) is 11.9 Å². The van der Waals surface area contributed by atoms with Crippen molar-refractivity contribution < 1.29 is 9.90 Å². The molecule has 1 N–H and O–H groups in total. The first-order valence-electron chi connectivity index (χ1n) is 13.6. The van der Waals surface area contributed by atoms with Crippen molar-refractivity contribution in [2.24, 2.45) is 0 Å². The lowest BCUT2D eigenvalue weighted by Gasteiger charge is -2.41. The summed E-state index contributed by atoms with van der Waals surface area (Å²) in [4.78, 5) is 37.4. The summed E-state index contributed by atoms with van der Waals surface area (Å²) in [7, 11) is 5.86. The van der Waals surface area contributed by atoms with Gasteiger partial charge in [0.05, 0.1) is 18.8 Å². The predicted octanol–water partition coefficient (Wildman–Crippen LogP) is 2.08. The molecule has 8 bridgehead atoms. The molecule has 0 saturated carbocycles. The molecule has 1 fully saturated rings. The Morgan fingerprint density at radius 2 is 1.79 bits per heavy atom. The van der Waals surface area contributed by atoms with Gasteiger partial charge in [-0.25, -0.2) is 15.0 Å². The topological polar surface area (TPSA) is 92.2 Å². The number of aromatic nitrogens is 3. The van der Waals surface area contributed by atoms with Gasteiger partial charge in [-0.15, -0.1) is 0 Å². The van der Waals surface area contributed by atoms with E-state index in [9.17, 15) is 9.90 Å². The van der Waals surface area contributed by atoms with E-state index < -0.39 is 0 Å². The van der Waals surface area contributed by atoms with Crippen molar-refractivity contribution in [3.05, 3.63) is 60.4 Å². The van der Waals surface area contributed by atoms with Crippen molar-refractivity contribution in [3.8, 4) is 11.3 Å². The van der Waals surface area contributed by atoms with E-state index in [-0.39, 0.29) is 18.6 Å². The number of aliphatic hydroxyl groups is 1. The fourth-order valence-corrected chi connectivity index (χ4v) is 5.23. The molecule has 10 heteroatoms. The number of rotatable bonds is 1. The second-order valence-electron chi connectivity index (χ2n) is 10.5. The van der Waals surface area contributed by atoms with E-state index in [4.69, 9.17) is 4.98 Å². The summed E-state index contributed by atoms with van der Waals surface area (Å²) < 4.78 is 0. The molecule has 2 aromatic heterocycles. The maximum Gasteiger partial charge on any atom is 0.236 e. The molecule has 5 aliphatic rings.